The van der Waals surface area contributed by atoms with Gasteiger partial charge < -0.3 is 5.11 Å². The van der Waals surface area contributed by atoms with Gasteiger partial charge in [-0.2, -0.15) is 12.6 Å². The lowest BCUT2D eigenvalue weighted by Crippen LogP contribution is -2.33. The molecule has 1 aliphatic carbocycles. The predicted octanol–water partition coefficient (Wildman–Crippen LogP) is 2.64. The van der Waals surface area contributed by atoms with Crippen LogP contribution >= 0.6 is 12.6 Å². The van der Waals surface area contributed by atoms with Gasteiger partial charge in [-0.1, -0.05) is 13.8 Å². The van der Waals surface area contributed by atoms with Crippen LogP contribution in [-0.4, -0.2) is 16.5 Å². The maximum atomic E-state index is 8.86. The molecule has 0 aromatic rings. The van der Waals surface area contributed by atoms with Crippen molar-refractivity contribution in [1.29, 1.82) is 0 Å². The lowest BCUT2D eigenvalue weighted by molar-refractivity contribution is 0.181. The van der Waals surface area contributed by atoms with E-state index in [-0.39, 0.29) is 11.4 Å². The van der Waals surface area contributed by atoms with Gasteiger partial charge in [0.15, 0.2) is 0 Å². The Morgan fingerprint density at radius 2 is 1.67 bits per heavy atom. The van der Waals surface area contributed by atoms with Gasteiger partial charge in [-0.3, -0.25) is 0 Å². The highest BCUT2D eigenvalue weighted by Crippen LogP contribution is 2.44. The lowest BCUT2D eigenvalue weighted by Gasteiger charge is -2.40. The minimum Gasteiger partial charge on any atom is -0.396 e. The van der Waals surface area contributed by atoms with E-state index in [9.17, 15) is 0 Å². The molecular formula is C10H20OS. The molecule has 0 aliphatic heterocycles. The molecule has 0 radical (unpaired) electrons. The standard InChI is InChI=1S/C10H20OS/c1-9(2)3-5-10(12,6-4-9)7-8-11/h11-12H,3-8H2,1-2H3. The van der Waals surface area contributed by atoms with E-state index in [1.54, 1.807) is 0 Å². The molecule has 1 N–H and O–H groups in total. The van der Waals surface area contributed by atoms with E-state index in [0.717, 1.165) is 19.3 Å². The fraction of sp³-hybridized carbons (Fsp3) is 1.00. The quantitative estimate of drug-likeness (QED) is 0.638. The first-order valence-corrected chi connectivity index (χ1v) is 5.25. The van der Waals surface area contributed by atoms with Crippen molar-refractivity contribution in [3.05, 3.63) is 0 Å². The molecule has 1 aliphatic rings. The molecule has 1 nitrogen and oxygen atoms in total. The minimum atomic E-state index is 0.129. The van der Waals surface area contributed by atoms with Crippen molar-refractivity contribution >= 4 is 12.6 Å². The van der Waals surface area contributed by atoms with Crippen LogP contribution in [0.3, 0.4) is 0 Å². The minimum absolute atomic E-state index is 0.129. The molecule has 1 fully saturated rings. The van der Waals surface area contributed by atoms with Crippen molar-refractivity contribution in [2.24, 2.45) is 5.41 Å². The Kier molecular flexibility index (Phi) is 3.11. The van der Waals surface area contributed by atoms with Crippen molar-refractivity contribution in [2.45, 2.75) is 50.7 Å². The molecule has 0 saturated heterocycles. The number of hydrogen-bond donors (Lipinski definition) is 2. The summed E-state index contributed by atoms with van der Waals surface area (Å²) in [5, 5.41) is 8.86. The van der Waals surface area contributed by atoms with Gasteiger partial charge in [0.05, 0.1) is 0 Å². The lowest BCUT2D eigenvalue weighted by atomic mass is 9.72. The molecule has 1 saturated carbocycles. The van der Waals surface area contributed by atoms with Crippen molar-refractivity contribution in [3.63, 3.8) is 0 Å². The maximum absolute atomic E-state index is 8.86. The summed E-state index contributed by atoms with van der Waals surface area (Å²) < 4.78 is 0.129. The summed E-state index contributed by atoms with van der Waals surface area (Å²) in [5.41, 5.74) is 0.502. The smallest absolute Gasteiger partial charge is 0.0444 e. The summed E-state index contributed by atoms with van der Waals surface area (Å²) in [5.74, 6) is 0. The van der Waals surface area contributed by atoms with Gasteiger partial charge in [0, 0.05) is 11.4 Å². The molecule has 0 aromatic carbocycles. The van der Waals surface area contributed by atoms with Crippen LogP contribution in [-0.2, 0) is 0 Å². The zero-order valence-electron chi connectivity index (χ0n) is 8.14. The number of thiol groups is 1. The third kappa shape index (κ3) is 2.67. The van der Waals surface area contributed by atoms with E-state index in [1.807, 2.05) is 0 Å². The maximum Gasteiger partial charge on any atom is 0.0444 e. The predicted molar refractivity (Wildman–Crippen MR) is 55.7 cm³/mol. The molecule has 2 heteroatoms. The van der Waals surface area contributed by atoms with E-state index < -0.39 is 0 Å². The highest BCUT2D eigenvalue weighted by molar-refractivity contribution is 7.81. The van der Waals surface area contributed by atoms with Gasteiger partial charge in [-0.15, -0.1) is 0 Å². The third-order valence-corrected chi connectivity index (χ3v) is 3.78. The number of rotatable bonds is 2. The topological polar surface area (TPSA) is 20.2 Å². The van der Waals surface area contributed by atoms with E-state index in [2.05, 4.69) is 26.5 Å². The molecule has 0 aromatic heterocycles. The van der Waals surface area contributed by atoms with Crippen LogP contribution in [0.5, 0.6) is 0 Å². The van der Waals surface area contributed by atoms with Crippen molar-refractivity contribution in [3.8, 4) is 0 Å². The second-order valence-corrected chi connectivity index (χ2v) is 5.81. The zero-order chi connectivity index (χ0) is 9.24. The first kappa shape index (κ1) is 10.4. The molecule has 0 heterocycles. The second-order valence-electron chi connectivity index (χ2n) is 4.86. The van der Waals surface area contributed by atoms with Crippen LogP contribution in [0, 0.1) is 5.41 Å². The Labute approximate surface area is 81.0 Å². The number of hydrogen-bond acceptors (Lipinski definition) is 2. The van der Waals surface area contributed by atoms with Crippen LogP contribution in [0.25, 0.3) is 0 Å². The Morgan fingerprint density at radius 3 is 2.08 bits per heavy atom. The van der Waals surface area contributed by atoms with Crippen LogP contribution in [0.4, 0.5) is 0 Å². The number of aliphatic hydroxyl groups is 1. The SMILES string of the molecule is CC1(C)CCC(S)(CCO)CC1. The molecule has 0 atom stereocenters. The van der Waals surface area contributed by atoms with E-state index in [0.29, 0.717) is 5.41 Å². The van der Waals surface area contributed by atoms with Crippen molar-refractivity contribution < 1.29 is 5.11 Å². The molecule has 0 amide bonds. The van der Waals surface area contributed by atoms with Crippen LogP contribution in [0.15, 0.2) is 0 Å². The summed E-state index contributed by atoms with van der Waals surface area (Å²) in [6.45, 7) is 4.92. The second kappa shape index (κ2) is 3.59. The van der Waals surface area contributed by atoms with Gasteiger partial charge in [-0.05, 0) is 37.5 Å². The molecule has 0 spiro atoms. The third-order valence-electron chi connectivity index (χ3n) is 3.11. The van der Waals surface area contributed by atoms with Crippen LogP contribution < -0.4 is 0 Å². The van der Waals surface area contributed by atoms with E-state index in [4.69, 9.17) is 5.11 Å². The summed E-state index contributed by atoms with van der Waals surface area (Å²) >= 11 is 4.65. The highest BCUT2D eigenvalue weighted by atomic mass is 32.1. The fourth-order valence-corrected chi connectivity index (χ4v) is 2.17. The van der Waals surface area contributed by atoms with E-state index >= 15 is 0 Å². The Balaban J connectivity index is 2.44. The normalized spacial score (nSPS) is 27.0. The Hall–Kier alpha value is 0.310. The molecular weight excluding hydrogens is 168 g/mol. The fourth-order valence-electron chi connectivity index (χ4n) is 1.85. The molecule has 12 heavy (non-hydrogen) atoms. The summed E-state index contributed by atoms with van der Waals surface area (Å²) in [7, 11) is 0. The summed E-state index contributed by atoms with van der Waals surface area (Å²) in [6, 6.07) is 0. The molecule has 0 unspecified atom stereocenters. The van der Waals surface area contributed by atoms with Gasteiger partial charge in [0.1, 0.15) is 0 Å². The van der Waals surface area contributed by atoms with Crippen LogP contribution in [0.1, 0.15) is 46.0 Å². The van der Waals surface area contributed by atoms with Crippen molar-refractivity contribution in [2.75, 3.05) is 6.61 Å². The molecule has 0 bridgehead atoms. The van der Waals surface area contributed by atoms with Gasteiger partial charge in [0.25, 0.3) is 0 Å². The van der Waals surface area contributed by atoms with Crippen LogP contribution in [0.2, 0.25) is 0 Å². The van der Waals surface area contributed by atoms with Gasteiger partial charge in [-0.25, -0.2) is 0 Å². The zero-order valence-corrected chi connectivity index (χ0v) is 9.03. The van der Waals surface area contributed by atoms with Gasteiger partial charge >= 0.3 is 0 Å². The first-order valence-electron chi connectivity index (χ1n) is 4.81. The van der Waals surface area contributed by atoms with E-state index in [1.165, 1.54) is 12.8 Å². The first-order chi connectivity index (χ1) is 5.47. The Morgan fingerprint density at radius 1 is 1.17 bits per heavy atom. The Bertz CT molecular complexity index is 144. The monoisotopic (exact) mass is 188 g/mol. The largest absolute Gasteiger partial charge is 0.396 e. The van der Waals surface area contributed by atoms with Crippen molar-refractivity contribution in [1.82, 2.24) is 0 Å². The highest BCUT2D eigenvalue weighted by Gasteiger charge is 2.34. The molecule has 72 valence electrons. The summed E-state index contributed by atoms with van der Waals surface area (Å²) in [4.78, 5) is 0. The molecule has 1 rings (SSSR count). The average Bonchev–Trinajstić information content (AvgIpc) is 1.98. The van der Waals surface area contributed by atoms with Gasteiger partial charge in [0.2, 0.25) is 0 Å². The summed E-state index contributed by atoms with van der Waals surface area (Å²) in [6.07, 6.45) is 5.66. The number of aliphatic hydroxyl groups excluding tert-OH is 1. The average molecular weight is 188 g/mol.